The lowest BCUT2D eigenvalue weighted by atomic mass is 9.97. The summed E-state index contributed by atoms with van der Waals surface area (Å²) >= 11 is 0. The number of carbonyl (C=O) groups excluding carboxylic acids is 2. The number of aliphatic carboxylic acids is 2. The molecule has 0 spiro atoms. The van der Waals surface area contributed by atoms with Crippen molar-refractivity contribution in [3.8, 4) is 0 Å². The van der Waals surface area contributed by atoms with Crippen molar-refractivity contribution in [3.63, 3.8) is 0 Å². The molecule has 9 heteroatoms. The van der Waals surface area contributed by atoms with Gasteiger partial charge in [-0.05, 0) is 12.8 Å². The maximum absolute atomic E-state index is 12.0. The van der Waals surface area contributed by atoms with Crippen LogP contribution in [0.2, 0.25) is 0 Å². The van der Waals surface area contributed by atoms with Crippen LogP contribution in [0.4, 0.5) is 4.79 Å². The van der Waals surface area contributed by atoms with Crippen LogP contribution >= 0.6 is 0 Å². The molecule has 0 bridgehead atoms. The predicted molar refractivity (Wildman–Crippen MR) is 70.6 cm³/mol. The largest absolute Gasteiger partial charge is 0.481 e. The van der Waals surface area contributed by atoms with E-state index in [1.807, 2.05) is 0 Å². The smallest absolute Gasteiger partial charge is 0.326 e. The standard InChI is InChI=1S/C12H19N3O6/c1-13-10(18)7-3-2-4-15(6-7)12(21)14-8(11(19)20)5-9(16)17/h7-8H,2-6H2,1H3,(H,13,18)(H,14,21)(H,16,17)(H,19,20)/t7?,8-/m0/s1. The number of carboxylic acid groups (broad SMARTS) is 2. The molecule has 3 amide bonds. The van der Waals surface area contributed by atoms with E-state index in [1.54, 1.807) is 0 Å². The number of rotatable bonds is 5. The van der Waals surface area contributed by atoms with E-state index in [-0.39, 0.29) is 18.4 Å². The van der Waals surface area contributed by atoms with Crippen LogP contribution in [-0.4, -0.2) is 65.2 Å². The minimum atomic E-state index is -1.49. The molecule has 0 radical (unpaired) electrons. The predicted octanol–water partition coefficient (Wildman–Crippen LogP) is -0.918. The summed E-state index contributed by atoms with van der Waals surface area (Å²) in [6.07, 6.45) is 0.580. The van der Waals surface area contributed by atoms with Gasteiger partial charge in [0.1, 0.15) is 6.04 Å². The van der Waals surface area contributed by atoms with Crippen LogP contribution in [0.3, 0.4) is 0 Å². The van der Waals surface area contributed by atoms with Gasteiger partial charge in [0.15, 0.2) is 0 Å². The number of hydrogen-bond acceptors (Lipinski definition) is 4. The van der Waals surface area contributed by atoms with Crippen molar-refractivity contribution >= 4 is 23.9 Å². The van der Waals surface area contributed by atoms with Gasteiger partial charge in [-0.1, -0.05) is 0 Å². The Labute approximate surface area is 121 Å². The quantitative estimate of drug-likeness (QED) is 0.518. The Kier molecular flexibility index (Phi) is 5.94. The Morgan fingerprint density at radius 1 is 1.29 bits per heavy atom. The Hall–Kier alpha value is -2.32. The first-order chi connectivity index (χ1) is 9.85. The molecule has 1 rings (SSSR count). The monoisotopic (exact) mass is 301 g/mol. The summed E-state index contributed by atoms with van der Waals surface area (Å²) in [7, 11) is 1.51. The van der Waals surface area contributed by atoms with Crippen molar-refractivity contribution in [2.45, 2.75) is 25.3 Å². The maximum atomic E-state index is 12.0. The molecule has 0 aromatic carbocycles. The third-order valence-corrected chi connectivity index (χ3v) is 3.30. The minimum absolute atomic E-state index is 0.173. The molecule has 0 aliphatic carbocycles. The number of nitrogens with zero attached hydrogens (tertiary/aromatic N) is 1. The fraction of sp³-hybridized carbons (Fsp3) is 0.667. The third-order valence-electron chi connectivity index (χ3n) is 3.30. The summed E-state index contributed by atoms with van der Waals surface area (Å²) in [4.78, 5) is 46.4. The van der Waals surface area contributed by atoms with Crippen LogP contribution in [0.1, 0.15) is 19.3 Å². The molecule has 2 atom stereocenters. The molecule has 0 saturated carbocycles. The lowest BCUT2D eigenvalue weighted by Gasteiger charge is -2.32. The van der Waals surface area contributed by atoms with E-state index in [9.17, 15) is 19.2 Å². The summed E-state index contributed by atoms with van der Waals surface area (Å²) in [5.74, 6) is -3.24. The second-order valence-corrected chi connectivity index (χ2v) is 4.84. The molecule has 1 aliphatic heterocycles. The SMILES string of the molecule is CNC(=O)C1CCCN(C(=O)N[C@@H](CC(=O)O)C(=O)O)C1. The first kappa shape index (κ1) is 16.7. The fourth-order valence-corrected chi connectivity index (χ4v) is 2.19. The summed E-state index contributed by atoms with van der Waals surface area (Å²) in [5.41, 5.74) is 0. The van der Waals surface area contributed by atoms with Crippen LogP contribution in [0.15, 0.2) is 0 Å². The summed E-state index contributed by atoms with van der Waals surface area (Å²) in [6, 6.07) is -2.16. The van der Waals surface area contributed by atoms with E-state index in [0.717, 1.165) is 0 Å². The Balaban J connectivity index is 2.62. The third kappa shape index (κ3) is 4.93. The van der Waals surface area contributed by atoms with Gasteiger partial charge in [-0.2, -0.15) is 0 Å². The van der Waals surface area contributed by atoms with Crippen LogP contribution in [0.5, 0.6) is 0 Å². The van der Waals surface area contributed by atoms with E-state index in [1.165, 1.54) is 11.9 Å². The minimum Gasteiger partial charge on any atom is -0.481 e. The van der Waals surface area contributed by atoms with Crippen LogP contribution in [0.25, 0.3) is 0 Å². The highest BCUT2D eigenvalue weighted by molar-refractivity contribution is 5.86. The van der Waals surface area contributed by atoms with Gasteiger partial charge in [-0.25, -0.2) is 9.59 Å². The first-order valence-corrected chi connectivity index (χ1v) is 6.56. The zero-order valence-electron chi connectivity index (χ0n) is 11.7. The molecule has 1 saturated heterocycles. The zero-order chi connectivity index (χ0) is 16.0. The van der Waals surface area contributed by atoms with Crippen molar-refractivity contribution in [1.29, 1.82) is 0 Å². The molecular formula is C12H19N3O6. The number of amides is 3. The van der Waals surface area contributed by atoms with Crippen molar-refractivity contribution in [2.24, 2.45) is 5.92 Å². The van der Waals surface area contributed by atoms with E-state index < -0.39 is 30.4 Å². The number of carboxylic acids is 2. The molecule has 0 aromatic rings. The lowest BCUT2D eigenvalue weighted by Crippen LogP contribution is -2.52. The second-order valence-electron chi connectivity index (χ2n) is 4.84. The highest BCUT2D eigenvalue weighted by atomic mass is 16.4. The van der Waals surface area contributed by atoms with Gasteiger partial charge >= 0.3 is 18.0 Å². The van der Waals surface area contributed by atoms with E-state index >= 15 is 0 Å². The van der Waals surface area contributed by atoms with Crippen molar-refractivity contribution in [3.05, 3.63) is 0 Å². The normalized spacial score (nSPS) is 19.5. The number of carbonyl (C=O) groups is 4. The Morgan fingerprint density at radius 2 is 1.95 bits per heavy atom. The number of hydrogen-bond donors (Lipinski definition) is 4. The lowest BCUT2D eigenvalue weighted by molar-refractivity contribution is -0.145. The van der Waals surface area contributed by atoms with Gasteiger partial charge in [-0.3, -0.25) is 9.59 Å². The number of piperidine rings is 1. The first-order valence-electron chi connectivity index (χ1n) is 6.56. The molecule has 1 aliphatic rings. The van der Waals surface area contributed by atoms with Crippen LogP contribution < -0.4 is 10.6 Å². The van der Waals surface area contributed by atoms with Gasteiger partial charge in [0, 0.05) is 20.1 Å². The molecule has 4 N–H and O–H groups in total. The fourth-order valence-electron chi connectivity index (χ4n) is 2.19. The number of nitrogens with one attached hydrogen (secondary N) is 2. The molecule has 0 aromatic heterocycles. The average Bonchev–Trinajstić information content (AvgIpc) is 2.45. The molecule has 118 valence electrons. The van der Waals surface area contributed by atoms with E-state index in [4.69, 9.17) is 10.2 Å². The van der Waals surface area contributed by atoms with Crippen molar-refractivity contribution < 1.29 is 29.4 Å². The van der Waals surface area contributed by atoms with Gasteiger partial charge < -0.3 is 25.7 Å². The highest BCUT2D eigenvalue weighted by Crippen LogP contribution is 2.16. The van der Waals surface area contributed by atoms with Crippen molar-refractivity contribution in [2.75, 3.05) is 20.1 Å². The molecular weight excluding hydrogens is 282 g/mol. The molecule has 1 unspecified atom stereocenters. The highest BCUT2D eigenvalue weighted by Gasteiger charge is 2.30. The van der Waals surface area contributed by atoms with E-state index in [2.05, 4.69) is 10.6 Å². The Bertz CT molecular complexity index is 439. The number of likely N-dealkylation sites (tertiary alicyclic amines) is 1. The zero-order valence-corrected chi connectivity index (χ0v) is 11.7. The van der Waals surface area contributed by atoms with Gasteiger partial charge in [-0.15, -0.1) is 0 Å². The molecule has 21 heavy (non-hydrogen) atoms. The molecule has 1 heterocycles. The van der Waals surface area contributed by atoms with Gasteiger partial charge in [0.2, 0.25) is 5.91 Å². The summed E-state index contributed by atoms with van der Waals surface area (Å²) < 4.78 is 0. The van der Waals surface area contributed by atoms with Gasteiger partial charge in [0.05, 0.1) is 12.3 Å². The second kappa shape index (κ2) is 7.46. The molecule has 9 nitrogen and oxygen atoms in total. The average molecular weight is 301 g/mol. The van der Waals surface area contributed by atoms with Gasteiger partial charge in [0.25, 0.3) is 0 Å². The summed E-state index contributed by atoms with van der Waals surface area (Å²) in [5, 5.41) is 22.2. The van der Waals surface area contributed by atoms with Crippen LogP contribution in [-0.2, 0) is 14.4 Å². The van der Waals surface area contributed by atoms with Crippen molar-refractivity contribution in [1.82, 2.24) is 15.5 Å². The van der Waals surface area contributed by atoms with Crippen LogP contribution in [0, 0.1) is 5.92 Å². The summed E-state index contributed by atoms with van der Waals surface area (Å²) in [6.45, 7) is 0.587. The topological polar surface area (TPSA) is 136 Å². The number of urea groups is 1. The van der Waals surface area contributed by atoms with E-state index in [0.29, 0.717) is 19.4 Å². The maximum Gasteiger partial charge on any atom is 0.326 e. The Morgan fingerprint density at radius 3 is 2.48 bits per heavy atom. The molecule has 1 fully saturated rings.